The van der Waals surface area contributed by atoms with Crippen molar-refractivity contribution in [1.29, 1.82) is 0 Å². The molecule has 1 amide bonds. The zero-order chi connectivity index (χ0) is 11.5. The average Bonchev–Trinajstić information content (AvgIpc) is 2.70. The van der Waals surface area contributed by atoms with Gasteiger partial charge >= 0.3 is 0 Å². The minimum Gasteiger partial charge on any atom is -0.291 e. The first kappa shape index (κ1) is 10.4. The molecule has 0 aliphatic rings. The molecule has 0 saturated carbocycles. The zero-order valence-corrected chi connectivity index (χ0v) is 9.11. The first-order chi connectivity index (χ1) is 7.68. The second-order valence-corrected chi connectivity index (χ2v) is 3.56. The Balaban J connectivity index is 2.28. The summed E-state index contributed by atoms with van der Waals surface area (Å²) in [6, 6.07) is 5.74. The highest BCUT2D eigenvalue weighted by Crippen LogP contribution is 2.14. The number of hydrogen-bond acceptors (Lipinski definition) is 3. The van der Waals surface area contributed by atoms with E-state index in [-0.39, 0.29) is 5.91 Å². The monoisotopic (exact) mass is 216 g/mol. The predicted octanol–water partition coefficient (Wildman–Crippen LogP) is 1.67. The van der Waals surface area contributed by atoms with Gasteiger partial charge in [0.1, 0.15) is 6.33 Å². The number of nitrogens with zero attached hydrogens (tertiary/aromatic N) is 2. The molecule has 1 heterocycles. The van der Waals surface area contributed by atoms with Gasteiger partial charge in [-0.05, 0) is 25.0 Å². The fraction of sp³-hybridized carbons (Fsp3) is 0.182. The van der Waals surface area contributed by atoms with E-state index in [0.29, 0.717) is 11.5 Å². The molecule has 5 heteroatoms. The van der Waals surface area contributed by atoms with Crippen LogP contribution in [-0.2, 0) is 0 Å². The summed E-state index contributed by atoms with van der Waals surface area (Å²) >= 11 is 0. The van der Waals surface area contributed by atoms with Gasteiger partial charge in [0.05, 0.1) is 0 Å². The summed E-state index contributed by atoms with van der Waals surface area (Å²) in [4.78, 5) is 15.8. The second-order valence-electron chi connectivity index (χ2n) is 3.56. The SMILES string of the molecule is Cc1cccc(C)c1C(=O)Nc1ncn[nH]1. The number of rotatable bonds is 2. The Morgan fingerprint density at radius 2 is 2.00 bits per heavy atom. The van der Waals surface area contributed by atoms with Gasteiger partial charge in [-0.3, -0.25) is 10.1 Å². The van der Waals surface area contributed by atoms with Crippen LogP contribution in [0, 0.1) is 13.8 Å². The standard InChI is InChI=1S/C11H12N4O/c1-7-4-3-5-8(2)9(7)10(16)14-11-12-6-13-15-11/h3-6H,1-2H3,(H2,12,13,14,15,16). The molecule has 2 aromatic rings. The van der Waals surface area contributed by atoms with E-state index in [4.69, 9.17) is 0 Å². The third kappa shape index (κ3) is 1.93. The van der Waals surface area contributed by atoms with Crippen molar-refractivity contribution in [1.82, 2.24) is 15.2 Å². The van der Waals surface area contributed by atoms with E-state index in [2.05, 4.69) is 20.5 Å². The molecule has 82 valence electrons. The molecule has 2 N–H and O–H groups in total. The van der Waals surface area contributed by atoms with Crippen molar-refractivity contribution in [2.45, 2.75) is 13.8 Å². The van der Waals surface area contributed by atoms with E-state index in [1.165, 1.54) is 6.33 Å². The quantitative estimate of drug-likeness (QED) is 0.802. The molecule has 0 unspecified atom stereocenters. The van der Waals surface area contributed by atoms with Gasteiger partial charge in [0.25, 0.3) is 5.91 Å². The number of nitrogens with one attached hydrogen (secondary N) is 2. The summed E-state index contributed by atoms with van der Waals surface area (Å²) in [5.74, 6) is 0.181. The molecule has 0 atom stereocenters. The summed E-state index contributed by atoms with van der Waals surface area (Å²) in [6.07, 6.45) is 1.35. The smallest absolute Gasteiger partial charge is 0.258 e. The highest BCUT2D eigenvalue weighted by Gasteiger charge is 2.12. The summed E-state index contributed by atoms with van der Waals surface area (Å²) in [7, 11) is 0. The number of hydrogen-bond donors (Lipinski definition) is 2. The lowest BCUT2D eigenvalue weighted by Crippen LogP contribution is -2.15. The van der Waals surface area contributed by atoms with Crippen LogP contribution in [0.15, 0.2) is 24.5 Å². The highest BCUT2D eigenvalue weighted by molar-refractivity contribution is 6.05. The van der Waals surface area contributed by atoms with E-state index >= 15 is 0 Å². The van der Waals surface area contributed by atoms with Crippen LogP contribution in [-0.4, -0.2) is 21.1 Å². The number of carbonyl (C=O) groups excluding carboxylic acids is 1. The van der Waals surface area contributed by atoms with Gasteiger partial charge in [-0.2, -0.15) is 10.1 Å². The molecule has 1 aromatic carbocycles. The van der Waals surface area contributed by atoms with Crippen molar-refractivity contribution in [3.63, 3.8) is 0 Å². The summed E-state index contributed by atoms with van der Waals surface area (Å²) in [5.41, 5.74) is 2.56. The fourth-order valence-electron chi connectivity index (χ4n) is 1.61. The van der Waals surface area contributed by atoms with E-state index in [9.17, 15) is 4.79 Å². The summed E-state index contributed by atoms with van der Waals surface area (Å²) in [6.45, 7) is 3.81. The lowest BCUT2D eigenvalue weighted by atomic mass is 10.0. The van der Waals surface area contributed by atoms with E-state index < -0.39 is 0 Å². The minimum absolute atomic E-state index is 0.174. The minimum atomic E-state index is -0.174. The molecule has 0 aliphatic carbocycles. The Morgan fingerprint density at radius 1 is 1.31 bits per heavy atom. The van der Waals surface area contributed by atoms with Gasteiger partial charge in [0.2, 0.25) is 5.95 Å². The molecule has 0 bridgehead atoms. The van der Waals surface area contributed by atoms with Crippen LogP contribution in [0.3, 0.4) is 0 Å². The summed E-state index contributed by atoms with van der Waals surface area (Å²) < 4.78 is 0. The Hall–Kier alpha value is -2.17. The number of anilines is 1. The van der Waals surface area contributed by atoms with E-state index in [1.54, 1.807) is 0 Å². The molecule has 5 nitrogen and oxygen atoms in total. The topological polar surface area (TPSA) is 70.7 Å². The van der Waals surface area contributed by atoms with Gasteiger partial charge in [0, 0.05) is 5.56 Å². The largest absolute Gasteiger partial charge is 0.291 e. The Bertz CT molecular complexity index is 484. The Kier molecular flexibility index (Phi) is 2.68. The maximum Gasteiger partial charge on any atom is 0.258 e. The molecule has 0 spiro atoms. The summed E-state index contributed by atoms with van der Waals surface area (Å²) in [5, 5.41) is 8.90. The number of carbonyl (C=O) groups is 1. The Labute approximate surface area is 92.9 Å². The molecule has 0 aliphatic heterocycles. The van der Waals surface area contributed by atoms with Crippen LogP contribution >= 0.6 is 0 Å². The molecule has 1 aromatic heterocycles. The number of aryl methyl sites for hydroxylation is 2. The van der Waals surface area contributed by atoms with Crippen LogP contribution in [0.2, 0.25) is 0 Å². The Morgan fingerprint density at radius 3 is 2.56 bits per heavy atom. The van der Waals surface area contributed by atoms with Crippen molar-refractivity contribution in [2.75, 3.05) is 5.32 Å². The molecular weight excluding hydrogens is 204 g/mol. The number of benzene rings is 1. The van der Waals surface area contributed by atoms with Crippen molar-refractivity contribution >= 4 is 11.9 Å². The normalized spacial score (nSPS) is 10.1. The van der Waals surface area contributed by atoms with Gasteiger partial charge in [-0.1, -0.05) is 18.2 Å². The van der Waals surface area contributed by atoms with Crippen LogP contribution in [0.4, 0.5) is 5.95 Å². The maximum atomic E-state index is 12.0. The molecular formula is C11H12N4O. The maximum absolute atomic E-state index is 12.0. The molecule has 2 rings (SSSR count). The number of H-pyrrole nitrogens is 1. The second kappa shape index (κ2) is 4.14. The van der Waals surface area contributed by atoms with Crippen molar-refractivity contribution in [3.8, 4) is 0 Å². The van der Waals surface area contributed by atoms with Gasteiger partial charge in [-0.15, -0.1) is 0 Å². The number of aromatic amines is 1. The van der Waals surface area contributed by atoms with Gasteiger partial charge in [0.15, 0.2) is 0 Å². The molecule has 0 saturated heterocycles. The first-order valence-electron chi connectivity index (χ1n) is 4.91. The molecule has 16 heavy (non-hydrogen) atoms. The molecule has 0 fully saturated rings. The third-order valence-electron chi connectivity index (χ3n) is 2.36. The van der Waals surface area contributed by atoms with Crippen LogP contribution in [0.5, 0.6) is 0 Å². The van der Waals surface area contributed by atoms with E-state index in [0.717, 1.165) is 11.1 Å². The van der Waals surface area contributed by atoms with Crippen LogP contribution in [0.1, 0.15) is 21.5 Å². The first-order valence-corrected chi connectivity index (χ1v) is 4.91. The van der Waals surface area contributed by atoms with Gasteiger partial charge in [-0.25, -0.2) is 5.10 Å². The van der Waals surface area contributed by atoms with Gasteiger partial charge < -0.3 is 0 Å². The third-order valence-corrected chi connectivity index (χ3v) is 2.36. The van der Waals surface area contributed by atoms with Crippen molar-refractivity contribution in [2.24, 2.45) is 0 Å². The van der Waals surface area contributed by atoms with Crippen molar-refractivity contribution < 1.29 is 4.79 Å². The molecule has 0 radical (unpaired) electrons. The predicted molar refractivity (Wildman–Crippen MR) is 60.3 cm³/mol. The van der Waals surface area contributed by atoms with Crippen molar-refractivity contribution in [3.05, 3.63) is 41.2 Å². The fourth-order valence-corrected chi connectivity index (χ4v) is 1.61. The van der Waals surface area contributed by atoms with Crippen LogP contribution in [0.25, 0.3) is 0 Å². The lowest BCUT2D eigenvalue weighted by Gasteiger charge is -2.08. The van der Waals surface area contributed by atoms with Crippen LogP contribution < -0.4 is 5.32 Å². The highest BCUT2D eigenvalue weighted by atomic mass is 16.1. The average molecular weight is 216 g/mol. The lowest BCUT2D eigenvalue weighted by molar-refractivity contribution is 0.102. The number of amides is 1. The number of aromatic nitrogens is 3. The van der Waals surface area contributed by atoms with E-state index in [1.807, 2.05) is 32.0 Å². The zero-order valence-electron chi connectivity index (χ0n) is 9.11.